The second kappa shape index (κ2) is 5.37. The smallest absolute Gasteiger partial charge is 0.462 e. The van der Waals surface area contributed by atoms with Gasteiger partial charge in [-0.1, -0.05) is 0 Å². The Hall–Kier alpha value is -1.29. The van der Waals surface area contributed by atoms with Gasteiger partial charge in [-0.05, 0) is 31.2 Å². The minimum Gasteiger partial charge on any atom is -0.462 e. The molecule has 2 N–H and O–H groups in total. The average Bonchev–Trinajstić information content (AvgIpc) is 2.06. The number of hydrogen-bond acceptors (Lipinski definition) is 3. The quantitative estimate of drug-likeness (QED) is 0.434. The summed E-state index contributed by atoms with van der Waals surface area (Å²) in [6.45, 7) is 2.17. The maximum absolute atomic E-state index is 11.1. The van der Waals surface area contributed by atoms with Gasteiger partial charge >= 0.3 is 16.9 Å². The van der Waals surface area contributed by atoms with Crippen LogP contribution in [0, 0.1) is 0 Å². The van der Waals surface area contributed by atoms with Crippen LogP contribution in [0.1, 0.15) is 17.3 Å². The first-order valence-electron chi connectivity index (χ1n) is 3.76. The molecule has 0 bridgehead atoms. The number of hydrogen-bond donors (Lipinski definition) is 1. The summed E-state index contributed by atoms with van der Waals surface area (Å²) >= 11 is 0. The molecular weight excluding hydrogens is 182 g/mol. The van der Waals surface area contributed by atoms with Crippen molar-refractivity contribution in [2.45, 2.75) is 6.92 Å². The molecule has 0 spiro atoms. The van der Waals surface area contributed by atoms with Crippen LogP contribution in [-0.4, -0.2) is 23.5 Å². The SMILES string of the molecule is CCOC(=O)c1ccc(N)cc1.[Si+4]. The first kappa shape index (κ1) is 11.7. The van der Waals surface area contributed by atoms with Gasteiger partial charge in [0.25, 0.3) is 0 Å². The molecule has 0 aliphatic carbocycles. The maximum Gasteiger partial charge on any atom is 4.00 e. The van der Waals surface area contributed by atoms with Gasteiger partial charge in [-0.2, -0.15) is 0 Å². The molecule has 0 aromatic heterocycles. The number of esters is 1. The van der Waals surface area contributed by atoms with Crippen molar-refractivity contribution < 1.29 is 9.53 Å². The van der Waals surface area contributed by atoms with E-state index >= 15 is 0 Å². The molecule has 0 radical (unpaired) electrons. The third-order valence-electron chi connectivity index (χ3n) is 1.42. The fourth-order valence-electron chi connectivity index (χ4n) is 0.834. The summed E-state index contributed by atoms with van der Waals surface area (Å²) in [7, 11) is 0. The Morgan fingerprint density at radius 3 is 2.38 bits per heavy atom. The monoisotopic (exact) mass is 193 g/mol. The normalized spacial score (nSPS) is 8.69. The summed E-state index contributed by atoms with van der Waals surface area (Å²) in [5, 5.41) is 0. The number of ether oxygens (including phenoxy) is 1. The van der Waals surface area contributed by atoms with Gasteiger partial charge < -0.3 is 10.5 Å². The maximum atomic E-state index is 11.1. The van der Waals surface area contributed by atoms with Crippen LogP contribution in [0.3, 0.4) is 0 Å². The summed E-state index contributed by atoms with van der Waals surface area (Å²) in [6.07, 6.45) is 0. The van der Waals surface area contributed by atoms with Gasteiger partial charge in [-0.25, -0.2) is 4.79 Å². The molecule has 0 fully saturated rings. The Morgan fingerprint density at radius 1 is 1.38 bits per heavy atom. The van der Waals surface area contributed by atoms with Crippen LogP contribution < -0.4 is 5.73 Å². The number of carbonyl (C=O) groups is 1. The van der Waals surface area contributed by atoms with Gasteiger partial charge in [0.2, 0.25) is 0 Å². The summed E-state index contributed by atoms with van der Waals surface area (Å²) in [6, 6.07) is 6.64. The summed E-state index contributed by atoms with van der Waals surface area (Å²) in [4.78, 5) is 11.1. The molecule has 0 aliphatic heterocycles. The molecule has 1 aromatic carbocycles. The van der Waals surface area contributed by atoms with Crippen LogP contribution in [0.2, 0.25) is 0 Å². The molecule has 0 atom stereocenters. The van der Waals surface area contributed by atoms with E-state index in [1.807, 2.05) is 0 Å². The minimum absolute atomic E-state index is 0. The van der Waals surface area contributed by atoms with Gasteiger partial charge in [0.05, 0.1) is 12.2 Å². The van der Waals surface area contributed by atoms with E-state index in [9.17, 15) is 4.79 Å². The molecule has 1 aromatic rings. The van der Waals surface area contributed by atoms with Crippen molar-refractivity contribution in [3.63, 3.8) is 0 Å². The number of benzene rings is 1. The van der Waals surface area contributed by atoms with E-state index in [2.05, 4.69) is 0 Å². The molecule has 0 amide bonds. The van der Waals surface area contributed by atoms with E-state index in [0.717, 1.165) is 0 Å². The van der Waals surface area contributed by atoms with E-state index in [-0.39, 0.29) is 16.9 Å². The van der Waals surface area contributed by atoms with Crippen LogP contribution in [-0.2, 0) is 4.74 Å². The van der Waals surface area contributed by atoms with Crippen LogP contribution in [0.15, 0.2) is 24.3 Å². The van der Waals surface area contributed by atoms with Gasteiger partial charge in [0.1, 0.15) is 0 Å². The van der Waals surface area contributed by atoms with Crippen molar-refractivity contribution in [3.05, 3.63) is 29.8 Å². The van der Waals surface area contributed by atoms with Crippen LogP contribution >= 0.6 is 0 Å². The average molecular weight is 193 g/mol. The molecule has 13 heavy (non-hydrogen) atoms. The number of nitrogens with two attached hydrogens (primary N) is 1. The second-order valence-electron chi connectivity index (χ2n) is 2.34. The molecule has 1 rings (SSSR count). The Bertz CT molecular complexity index is 271. The predicted octanol–water partition coefficient (Wildman–Crippen LogP) is 1.06. The fourth-order valence-corrected chi connectivity index (χ4v) is 0.834. The minimum atomic E-state index is -0.308. The molecule has 0 saturated heterocycles. The largest absolute Gasteiger partial charge is 4.00 e. The Morgan fingerprint density at radius 2 is 1.92 bits per heavy atom. The van der Waals surface area contributed by atoms with Crippen molar-refractivity contribution in [2.24, 2.45) is 0 Å². The molecular formula is C9H11NO2Si+4. The Balaban J connectivity index is 0.00000144. The molecule has 0 heterocycles. The third-order valence-corrected chi connectivity index (χ3v) is 1.42. The molecule has 0 saturated carbocycles. The van der Waals surface area contributed by atoms with Gasteiger partial charge in [-0.15, -0.1) is 0 Å². The zero-order valence-corrected chi connectivity index (χ0v) is 8.41. The number of rotatable bonds is 2. The van der Waals surface area contributed by atoms with Crippen molar-refractivity contribution in [1.82, 2.24) is 0 Å². The number of carbonyl (C=O) groups excluding carboxylic acids is 1. The van der Waals surface area contributed by atoms with E-state index in [0.29, 0.717) is 17.9 Å². The standard InChI is InChI=1S/C9H11NO2.Si/c1-2-12-9(11)7-3-5-8(10)6-4-7;/h3-6H,2,10H2,1H3;/q;+4. The third kappa shape index (κ3) is 3.29. The fraction of sp³-hybridized carbons (Fsp3) is 0.222. The van der Waals surface area contributed by atoms with E-state index in [4.69, 9.17) is 10.5 Å². The van der Waals surface area contributed by atoms with Crippen LogP contribution in [0.5, 0.6) is 0 Å². The Labute approximate surface area is 81.9 Å². The van der Waals surface area contributed by atoms with E-state index in [1.54, 1.807) is 31.2 Å². The zero-order chi connectivity index (χ0) is 8.97. The van der Waals surface area contributed by atoms with Crippen LogP contribution in [0.4, 0.5) is 5.69 Å². The van der Waals surface area contributed by atoms with Crippen molar-refractivity contribution in [2.75, 3.05) is 12.3 Å². The van der Waals surface area contributed by atoms with Crippen molar-refractivity contribution in [3.8, 4) is 0 Å². The van der Waals surface area contributed by atoms with Crippen molar-refractivity contribution >= 4 is 22.6 Å². The molecule has 64 valence electrons. The first-order valence-corrected chi connectivity index (χ1v) is 3.76. The molecule has 3 nitrogen and oxygen atoms in total. The van der Waals surface area contributed by atoms with Gasteiger partial charge in [-0.3, -0.25) is 0 Å². The van der Waals surface area contributed by atoms with E-state index < -0.39 is 0 Å². The van der Waals surface area contributed by atoms with Crippen LogP contribution in [0.25, 0.3) is 0 Å². The summed E-state index contributed by atoms with van der Waals surface area (Å²) in [5.41, 5.74) is 6.62. The number of anilines is 1. The van der Waals surface area contributed by atoms with E-state index in [1.165, 1.54) is 0 Å². The van der Waals surface area contributed by atoms with Crippen molar-refractivity contribution in [1.29, 1.82) is 0 Å². The summed E-state index contributed by atoms with van der Waals surface area (Å²) in [5.74, 6) is -0.308. The second-order valence-corrected chi connectivity index (χ2v) is 2.34. The molecule has 0 unspecified atom stereocenters. The topological polar surface area (TPSA) is 52.3 Å². The van der Waals surface area contributed by atoms with Gasteiger partial charge in [0.15, 0.2) is 0 Å². The first-order chi connectivity index (χ1) is 5.74. The zero-order valence-electron chi connectivity index (χ0n) is 7.41. The summed E-state index contributed by atoms with van der Waals surface area (Å²) < 4.78 is 4.79. The molecule has 4 heteroatoms. The van der Waals surface area contributed by atoms with Gasteiger partial charge in [0, 0.05) is 5.69 Å². The number of nitrogen functional groups attached to an aromatic ring is 1. The Kier molecular flexibility index (Phi) is 4.84. The molecule has 0 aliphatic rings. The predicted molar refractivity (Wildman–Crippen MR) is 52.6 cm³/mol.